The van der Waals surface area contributed by atoms with Gasteiger partial charge in [0.05, 0.1) is 26.3 Å². The molecule has 0 unspecified atom stereocenters. The SMILES string of the molecule is COc1ccccc1CC(=O)O[C@@H](C)C(=O)Nc1cc(Cl)ccc1OC. The quantitative estimate of drug-likeness (QED) is 0.748. The van der Waals surface area contributed by atoms with Crippen LogP contribution in [0.3, 0.4) is 0 Å². The number of amides is 1. The van der Waals surface area contributed by atoms with Crippen molar-refractivity contribution in [3.63, 3.8) is 0 Å². The van der Waals surface area contributed by atoms with Crippen LogP contribution in [0, 0.1) is 0 Å². The number of carbonyl (C=O) groups is 2. The number of ether oxygens (including phenoxy) is 3. The molecule has 2 aromatic carbocycles. The van der Waals surface area contributed by atoms with Crippen molar-refractivity contribution in [2.75, 3.05) is 19.5 Å². The Balaban J connectivity index is 1.98. The van der Waals surface area contributed by atoms with Crippen molar-refractivity contribution < 1.29 is 23.8 Å². The van der Waals surface area contributed by atoms with E-state index < -0.39 is 18.0 Å². The molecule has 0 aliphatic rings. The van der Waals surface area contributed by atoms with Crippen LogP contribution < -0.4 is 14.8 Å². The van der Waals surface area contributed by atoms with Crippen molar-refractivity contribution in [1.29, 1.82) is 0 Å². The van der Waals surface area contributed by atoms with E-state index in [-0.39, 0.29) is 6.42 Å². The van der Waals surface area contributed by atoms with Gasteiger partial charge in [0, 0.05) is 10.6 Å². The van der Waals surface area contributed by atoms with Gasteiger partial charge < -0.3 is 19.5 Å². The summed E-state index contributed by atoms with van der Waals surface area (Å²) >= 11 is 5.94. The monoisotopic (exact) mass is 377 g/mol. The highest BCUT2D eigenvalue weighted by molar-refractivity contribution is 6.31. The summed E-state index contributed by atoms with van der Waals surface area (Å²) in [4.78, 5) is 24.4. The molecule has 0 spiro atoms. The van der Waals surface area contributed by atoms with Crippen LogP contribution in [0.5, 0.6) is 11.5 Å². The van der Waals surface area contributed by atoms with Crippen LogP contribution in [-0.4, -0.2) is 32.2 Å². The zero-order chi connectivity index (χ0) is 19.1. The van der Waals surface area contributed by atoms with Crippen LogP contribution in [0.2, 0.25) is 5.02 Å². The highest BCUT2D eigenvalue weighted by atomic mass is 35.5. The van der Waals surface area contributed by atoms with Gasteiger partial charge in [0.2, 0.25) is 0 Å². The Hall–Kier alpha value is -2.73. The normalized spacial score (nSPS) is 11.4. The third kappa shape index (κ3) is 5.13. The molecular weight excluding hydrogens is 358 g/mol. The summed E-state index contributed by atoms with van der Waals surface area (Å²) < 4.78 is 15.6. The number of benzene rings is 2. The van der Waals surface area contributed by atoms with Crippen molar-refractivity contribution in [3.05, 3.63) is 53.1 Å². The van der Waals surface area contributed by atoms with Crippen LogP contribution >= 0.6 is 11.6 Å². The van der Waals surface area contributed by atoms with Gasteiger partial charge in [-0.2, -0.15) is 0 Å². The van der Waals surface area contributed by atoms with E-state index in [1.165, 1.54) is 21.1 Å². The molecule has 0 bridgehead atoms. The van der Waals surface area contributed by atoms with E-state index in [0.29, 0.717) is 27.8 Å². The average molecular weight is 378 g/mol. The van der Waals surface area contributed by atoms with Gasteiger partial charge in [-0.3, -0.25) is 9.59 Å². The Kier molecular flexibility index (Phi) is 6.86. The molecule has 0 heterocycles. The maximum Gasteiger partial charge on any atom is 0.311 e. The summed E-state index contributed by atoms with van der Waals surface area (Å²) in [5.41, 5.74) is 1.08. The molecule has 0 aromatic heterocycles. The number of esters is 1. The Morgan fingerprint density at radius 1 is 1.08 bits per heavy atom. The number of para-hydroxylation sites is 1. The minimum Gasteiger partial charge on any atom is -0.496 e. The molecule has 0 fully saturated rings. The van der Waals surface area contributed by atoms with Crippen LogP contribution in [0.15, 0.2) is 42.5 Å². The fourth-order valence-corrected chi connectivity index (χ4v) is 2.48. The lowest BCUT2D eigenvalue weighted by molar-refractivity contribution is -0.152. The van der Waals surface area contributed by atoms with Crippen LogP contribution in [0.25, 0.3) is 0 Å². The predicted octanol–water partition coefficient (Wildman–Crippen LogP) is 3.47. The fraction of sp³-hybridized carbons (Fsp3) is 0.263. The first kappa shape index (κ1) is 19.6. The number of hydrogen-bond acceptors (Lipinski definition) is 5. The molecule has 1 amide bonds. The summed E-state index contributed by atoms with van der Waals surface area (Å²) in [6.45, 7) is 1.49. The molecule has 0 radical (unpaired) electrons. The lowest BCUT2D eigenvalue weighted by Crippen LogP contribution is -2.30. The average Bonchev–Trinajstić information content (AvgIpc) is 2.62. The number of halogens is 1. The maximum absolute atomic E-state index is 12.3. The maximum atomic E-state index is 12.3. The van der Waals surface area contributed by atoms with Crippen molar-refractivity contribution in [3.8, 4) is 11.5 Å². The minimum atomic E-state index is -0.985. The second-order valence-electron chi connectivity index (χ2n) is 5.45. The van der Waals surface area contributed by atoms with Gasteiger partial charge in [-0.1, -0.05) is 29.8 Å². The van der Waals surface area contributed by atoms with Gasteiger partial charge in [-0.25, -0.2) is 0 Å². The Morgan fingerprint density at radius 2 is 1.77 bits per heavy atom. The molecule has 1 N–H and O–H groups in total. The van der Waals surface area contributed by atoms with Gasteiger partial charge in [0.15, 0.2) is 6.10 Å². The zero-order valence-electron chi connectivity index (χ0n) is 14.7. The smallest absolute Gasteiger partial charge is 0.311 e. The van der Waals surface area contributed by atoms with Crippen LogP contribution in [-0.2, 0) is 20.7 Å². The van der Waals surface area contributed by atoms with Gasteiger partial charge in [0.1, 0.15) is 11.5 Å². The van der Waals surface area contributed by atoms with Crippen LogP contribution in [0.4, 0.5) is 5.69 Å². The summed E-state index contributed by atoms with van der Waals surface area (Å²) in [5, 5.41) is 3.09. The topological polar surface area (TPSA) is 73.9 Å². The molecule has 0 aliphatic carbocycles. The van der Waals surface area contributed by atoms with Crippen molar-refractivity contribution >= 4 is 29.2 Å². The third-order valence-electron chi connectivity index (χ3n) is 3.62. The molecule has 138 valence electrons. The second kappa shape index (κ2) is 9.10. The van der Waals surface area contributed by atoms with E-state index in [1.54, 1.807) is 36.4 Å². The number of rotatable bonds is 7. The Morgan fingerprint density at radius 3 is 2.46 bits per heavy atom. The number of nitrogens with one attached hydrogen (secondary N) is 1. The van der Waals surface area contributed by atoms with Gasteiger partial charge in [-0.05, 0) is 31.2 Å². The summed E-state index contributed by atoms with van der Waals surface area (Å²) in [6, 6.07) is 12.0. The Labute approximate surface area is 157 Å². The first-order valence-electron chi connectivity index (χ1n) is 7.90. The van der Waals surface area contributed by atoms with Crippen molar-refractivity contribution in [2.24, 2.45) is 0 Å². The molecular formula is C19H20ClNO5. The van der Waals surface area contributed by atoms with E-state index in [1.807, 2.05) is 6.07 Å². The molecule has 0 saturated heterocycles. The van der Waals surface area contributed by atoms with E-state index in [0.717, 1.165) is 0 Å². The number of hydrogen-bond donors (Lipinski definition) is 1. The lowest BCUT2D eigenvalue weighted by Gasteiger charge is -2.16. The zero-order valence-corrected chi connectivity index (χ0v) is 15.5. The molecule has 0 aliphatic heterocycles. The Bertz CT molecular complexity index is 793. The summed E-state index contributed by atoms with van der Waals surface area (Å²) in [6.07, 6.45) is -0.983. The van der Waals surface area contributed by atoms with Crippen molar-refractivity contribution in [2.45, 2.75) is 19.4 Å². The summed E-state index contributed by atoms with van der Waals surface area (Å²) in [7, 11) is 3.01. The minimum absolute atomic E-state index is 0.00210. The molecule has 2 rings (SSSR count). The molecule has 26 heavy (non-hydrogen) atoms. The van der Waals surface area contributed by atoms with Gasteiger partial charge in [-0.15, -0.1) is 0 Å². The standard InChI is InChI=1S/C19H20ClNO5/c1-12(19(23)21-15-11-14(20)8-9-17(15)25-3)26-18(22)10-13-6-4-5-7-16(13)24-2/h4-9,11-12H,10H2,1-3H3,(H,21,23)/t12-/m0/s1. The summed E-state index contributed by atoms with van der Waals surface area (Å²) in [5.74, 6) is 0.0228. The third-order valence-corrected chi connectivity index (χ3v) is 3.86. The van der Waals surface area contributed by atoms with Crippen LogP contribution in [0.1, 0.15) is 12.5 Å². The van der Waals surface area contributed by atoms with Gasteiger partial charge in [0.25, 0.3) is 5.91 Å². The van der Waals surface area contributed by atoms with E-state index in [2.05, 4.69) is 5.32 Å². The molecule has 6 nitrogen and oxygen atoms in total. The number of methoxy groups -OCH3 is 2. The highest BCUT2D eigenvalue weighted by Gasteiger charge is 2.20. The number of carbonyl (C=O) groups excluding carboxylic acids is 2. The molecule has 1 atom stereocenters. The van der Waals surface area contributed by atoms with E-state index >= 15 is 0 Å². The molecule has 2 aromatic rings. The van der Waals surface area contributed by atoms with E-state index in [9.17, 15) is 9.59 Å². The molecule has 7 heteroatoms. The number of anilines is 1. The fourth-order valence-electron chi connectivity index (χ4n) is 2.31. The largest absolute Gasteiger partial charge is 0.496 e. The van der Waals surface area contributed by atoms with Crippen molar-refractivity contribution in [1.82, 2.24) is 0 Å². The second-order valence-corrected chi connectivity index (χ2v) is 5.89. The van der Waals surface area contributed by atoms with Gasteiger partial charge >= 0.3 is 5.97 Å². The predicted molar refractivity (Wildman–Crippen MR) is 98.9 cm³/mol. The van der Waals surface area contributed by atoms with E-state index in [4.69, 9.17) is 25.8 Å². The lowest BCUT2D eigenvalue weighted by atomic mass is 10.1. The first-order valence-corrected chi connectivity index (χ1v) is 8.28. The first-order chi connectivity index (χ1) is 12.4. The highest BCUT2D eigenvalue weighted by Crippen LogP contribution is 2.28. The molecule has 0 saturated carbocycles.